The average molecular weight is 214 g/mol. The molecule has 0 saturated carbocycles. The summed E-state index contributed by atoms with van der Waals surface area (Å²) in [7, 11) is 1.55. The highest BCUT2D eigenvalue weighted by Gasteiger charge is 2.09. The largest absolute Gasteiger partial charge is 0.478 e. The number of rotatable bonds is 4. The summed E-state index contributed by atoms with van der Waals surface area (Å²) in [5, 5.41) is 10.2. The first-order chi connectivity index (χ1) is 6.97. The molecule has 0 saturated heterocycles. The molecule has 2 N–H and O–H groups in total. The lowest BCUT2D eigenvalue weighted by atomic mass is 10.4. The fourth-order valence-electron chi connectivity index (χ4n) is 0.826. The summed E-state index contributed by atoms with van der Waals surface area (Å²) in [6.45, 7) is 2.43. The van der Waals surface area contributed by atoms with Gasteiger partial charge in [-0.05, 0) is 6.42 Å². The molecule has 84 valence electrons. The highest BCUT2D eigenvalue weighted by atomic mass is 16.4. The Bertz CT molecular complexity index is 286. The van der Waals surface area contributed by atoms with Crippen molar-refractivity contribution in [1.29, 1.82) is 0 Å². The number of nitrogens with one attached hydrogen (secondary N) is 1. The number of amides is 3. The molecule has 3 amide bonds. The summed E-state index contributed by atoms with van der Waals surface area (Å²) in [4.78, 5) is 33.6. The van der Waals surface area contributed by atoms with Gasteiger partial charge in [0, 0.05) is 25.7 Å². The van der Waals surface area contributed by atoms with Crippen molar-refractivity contribution in [3.8, 4) is 0 Å². The van der Waals surface area contributed by atoms with E-state index in [0.717, 1.165) is 12.5 Å². The SMILES string of the molecule is CCCN(C)C(=O)NC(=O)/C=C/C(=O)O. The van der Waals surface area contributed by atoms with Crippen molar-refractivity contribution in [2.24, 2.45) is 0 Å². The minimum atomic E-state index is -1.24. The maximum absolute atomic E-state index is 11.2. The molecule has 0 heterocycles. The molecule has 0 bridgehead atoms. The Morgan fingerprint density at radius 1 is 1.33 bits per heavy atom. The second kappa shape index (κ2) is 6.58. The fraction of sp³-hybridized carbons (Fsp3) is 0.444. The van der Waals surface area contributed by atoms with Crippen molar-refractivity contribution in [3.05, 3.63) is 12.2 Å². The molecule has 0 rings (SSSR count). The third kappa shape index (κ3) is 6.25. The van der Waals surface area contributed by atoms with E-state index in [0.29, 0.717) is 12.6 Å². The van der Waals surface area contributed by atoms with Crippen molar-refractivity contribution in [3.63, 3.8) is 0 Å². The van der Waals surface area contributed by atoms with Crippen LogP contribution in [0.3, 0.4) is 0 Å². The molecule has 0 aliphatic rings. The van der Waals surface area contributed by atoms with Gasteiger partial charge < -0.3 is 10.0 Å². The Labute approximate surface area is 87.6 Å². The summed E-state index contributed by atoms with van der Waals surface area (Å²) in [6, 6.07) is -0.545. The number of carbonyl (C=O) groups excluding carboxylic acids is 2. The van der Waals surface area contributed by atoms with Gasteiger partial charge in [0.2, 0.25) is 0 Å². The lowest BCUT2D eigenvalue weighted by molar-refractivity contribution is -0.131. The number of carboxylic acid groups (broad SMARTS) is 1. The van der Waals surface area contributed by atoms with Crippen LogP contribution in [0, 0.1) is 0 Å². The van der Waals surface area contributed by atoms with Crippen molar-refractivity contribution < 1.29 is 19.5 Å². The summed E-state index contributed by atoms with van der Waals surface area (Å²) in [6.07, 6.45) is 2.24. The molecular formula is C9H14N2O4. The number of carboxylic acids is 1. The smallest absolute Gasteiger partial charge is 0.328 e. The van der Waals surface area contributed by atoms with Crippen LogP contribution in [0.1, 0.15) is 13.3 Å². The van der Waals surface area contributed by atoms with E-state index in [1.54, 1.807) is 7.05 Å². The predicted octanol–water partition coefficient (Wildman–Crippen LogP) is 0.205. The average Bonchev–Trinajstić information content (AvgIpc) is 2.15. The van der Waals surface area contributed by atoms with Gasteiger partial charge in [-0.3, -0.25) is 10.1 Å². The number of hydrogen-bond donors (Lipinski definition) is 2. The zero-order valence-electron chi connectivity index (χ0n) is 8.69. The van der Waals surface area contributed by atoms with Gasteiger partial charge in [-0.25, -0.2) is 9.59 Å². The molecule has 0 aliphatic heterocycles. The van der Waals surface area contributed by atoms with Crippen molar-refractivity contribution in [2.75, 3.05) is 13.6 Å². The second-order valence-corrected chi connectivity index (χ2v) is 2.89. The summed E-state index contributed by atoms with van der Waals surface area (Å²) < 4.78 is 0. The molecule has 6 heteroatoms. The van der Waals surface area contributed by atoms with Crippen LogP contribution in [-0.4, -0.2) is 41.5 Å². The number of hydrogen-bond acceptors (Lipinski definition) is 3. The number of urea groups is 1. The number of carbonyl (C=O) groups is 3. The standard InChI is InChI=1S/C9H14N2O4/c1-3-6-11(2)9(15)10-7(12)4-5-8(13)14/h4-5H,3,6H2,1-2H3,(H,13,14)(H,10,12,15)/b5-4+. The number of nitrogens with zero attached hydrogens (tertiary/aromatic N) is 1. The molecule has 0 aromatic heterocycles. The Morgan fingerprint density at radius 3 is 2.40 bits per heavy atom. The molecule has 0 atom stereocenters. The van der Waals surface area contributed by atoms with Gasteiger partial charge in [0.05, 0.1) is 0 Å². The van der Waals surface area contributed by atoms with E-state index in [1.165, 1.54) is 4.90 Å². The molecule has 0 aliphatic carbocycles. The molecule has 0 aromatic rings. The first kappa shape index (κ1) is 13.2. The lowest BCUT2D eigenvalue weighted by Gasteiger charge is -2.15. The zero-order valence-corrected chi connectivity index (χ0v) is 8.69. The van der Waals surface area contributed by atoms with E-state index >= 15 is 0 Å². The van der Waals surface area contributed by atoms with Gasteiger partial charge in [-0.2, -0.15) is 0 Å². The van der Waals surface area contributed by atoms with Gasteiger partial charge in [-0.15, -0.1) is 0 Å². The molecule has 0 fully saturated rings. The summed E-state index contributed by atoms with van der Waals surface area (Å²) in [5.74, 6) is -1.98. The van der Waals surface area contributed by atoms with E-state index in [2.05, 4.69) is 0 Å². The van der Waals surface area contributed by atoms with Crippen LogP contribution < -0.4 is 5.32 Å². The van der Waals surface area contributed by atoms with E-state index in [1.807, 2.05) is 12.2 Å². The first-order valence-electron chi connectivity index (χ1n) is 4.44. The third-order valence-corrected chi connectivity index (χ3v) is 1.51. The van der Waals surface area contributed by atoms with E-state index in [-0.39, 0.29) is 0 Å². The highest BCUT2D eigenvalue weighted by molar-refractivity contribution is 6.02. The van der Waals surface area contributed by atoms with Crippen LogP contribution >= 0.6 is 0 Å². The van der Waals surface area contributed by atoms with Crippen molar-refractivity contribution in [1.82, 2.24) is 10.2 Å². The van der Waals surface area contributed by atoms with Gasteiger partial charge >= 0.3 is 12.0 Å². The Morgan fingerprint density at radius 2 is 1.93 bits per heavy atom. The van der Waals surface area contributed by atoms with Crippen LogP contribution in [0.4, 0.5) is 4.79 Å². The molecule has 0 aromatic carbocycles. The van der Waals surface area contributed by atoms with E-state index in [4.69, 9.17) is 5.11 Å². The van der Waals surface area contributed by atoms with Crippen LogP contribution in [0.2, 0.25) is 0 Å². The topological polar surface area (TPSA) is 86.7 Å². The maximum Gasteiger partial charge on any atom is 0.328 e. The normalized spacial score (nSPS) is 10.0. The minimum Gasteiger partial charge on any atom is -0.478 e. The number of aliphatic carboxylic acids is 1. The van der Waals surface area contributed by atoms with Gasteiger partial charge in [0.25, 0.3) is 5.91 Å². The Hall–Kier alpha value is -1.85. The van der Waals surface area contributed by atoms with Crippen LogP contribution in [0.15, 0.2) is 12.2 Å². The van der Waals surface area contributed by atoms with E-state index < -0.39 is 17.9 Å². The van der Waals surface area contributed by atoms with Crippen LogP contribution in [0.5, 0.6) is 0 Å². The summed E-state index contributed by atoms with van der Waals surface area (Å²) in [5.41, 5.74) is 0. The monoisotopic (exact) mass is 214 g/mol. The first-order valence-corrected chi connectivity index (χ1v) is 4.44. The third-order valence-electron chi connectivity index (χ3n) is 1.51. The van der Waals surface area contributed by atoms with Gasteiger partial charge in [0.15, 0.2) is 0 Å². The molecular weight excluding hydrogens is 200 g/mol. The molecule has 0 unspecified atom stereocenters. The fourth-order valence-corrected chi connectivity index (χ4v) is 0.826. The van der Waals surface area contributed by atoms with Gasteiger partial charge in [-0.1, -0.05) is 6.92 Å². The van der Waals surface area contributed by atoms with E-state index in [9.17, 15) is 14.4 Å². The quantitative estimate of drug-likeness (QED) is 0.655. The predicted molar refractivity (Wildman–Crippen MR) is 53.2 cm³/mol. The van der Waals surface area contributed by atoms with Crippen LogP contribution in [0.25, 0.3) is 0 Å². The zero-order chi connectivity index (χ0) is 11.8. The Kier molecular flexibility index (Phi) is 5.77. The second-order valence-electron chi connectivity index (χ2n) is 2.89. The molecule has 0 radical (unpaired) electrons. The maximum atomic E-state index is 11.2. The van der Waals surface area contributed by atoms with Crippen LogP contribution in [-0.2, 0) is 9.59 Å². The minimum absolute atomic E-state index is 0.530. The lowest BCUT2D eigenvalue weighted by Crippen LogP contribution is -2.40. The molecule has 0 spiro atoms. The number of imide groups is 1. The van der Waals surface area contributed by atoms with Crippen molar-refractivity contribution in [2.45, 2.75) is 13.3 Å². The highest BCUT2D eigenvalue weighted by Crippen LogP contribution is 1.87. The summed E-state index contributed by atoms with van der Waals surface area (Å²) >= 11 is 0. The molecule has 6 nitrogen and oxygen atoms in total. The Balaban J connectivity index is 4.07. The van der Waals surface area contributed by atoms with Crippen molar-refractivity contribution >= 4 is 17.9 Å². The molecule has 15 heavy (non-hydrogen) atoms. The van der Waals surface area contributed by atoms with Gasteiger partial charge in [0.1, 0.15) is 0 Å².